The van der Waals surface area contributed by atoms with Crippen LogP contribution >= 0.6 is 15.9 Å². The van der Waals surface area contributed by atoms with Gasteiger partial charge in [0.1, 0.15) is 11.9 Å². The third-order valence-electron chi connectivity index (χ3n) is 2.99. The zero-order valence-corrected chi connectivity index (χ0v) is 12.4. The predicted molar refractivity (Wildman–Crippen MR) is 78.7 cm³/mol. The van der Waals surface area contributed by atoms with Crippen molar-refractivity contribution in [1.82, 2.24) is 5.32 Å². The summed E-state index contributed by atoms with van der Waals surface area (Å²) in [7, 11) is 0. The van der Waals surface area contributed by atoms with Crippen molar-refractivity contribution in [2.75, 3.05) is 0 Å². The Bertz CT molecular complexity index is 499. The second-order valence-corrected chi connectivity index (χ2v) is 5.59. The molecule has 4 heteroatoms. The summed E-state index contributed by atoms with van der Waals surface area (Å²) in [6.07, 6.45) is 1.65. The maximum Gasteiger partial charge on any atom is 0.132 e. The van der Waals surface area contributed by atoms with E-state index in [9.17, 15) is 5.11 Å². The number of benzene rings is 1. The maximum absolute atomic E-state index is 9.98. The molecule has 0 aliphatic rings. The van der Waals surface area contributed by atoms with Gasteiger partial charge in [-0.2, -0.15) is 0 Å². The molecular formula is C15H18BrNO2. The lowest BCUT2D eigenvalue weighted by Crippen LogP contribution is -2.27. The van der Waals surface area contributed by atoms with E-state index in [1.54, 1.807) is 18.4 Å². The summed E-state index contributed by atoms with van der Waals surface area (Å²) >= 11 is 3.46. The van der Waals surface area contributed by atoms with Crippen LogP contribution in [-0.2, 0) is 6.54 Å². The first-order chi connectivity index (χ1) is 9.15. The normalized spacial score (nSPS) is 14.3. The van der Waals surface area contributed by atoms with Crippen molar-refractivity contribution in [1.29, 1.82) is 0 Å². The quantitative estimate of drug-likeness (QED) is 0.853. The molecule has 1 aromatic carbocycles. The Labute approximate surface area is 121 Å². The van der Waals surface area contributed by atoms with E-state index < -0.39 is 6.10 Å². The van der Waals surface area contributed by atoms with Crippen molar-refractivity contribution < 1.29 is 9.52 Å². The molecule has 2 rings (SSSR count). The Morgan fingerprint density at radius 3 is 2.84 bits per heavy atom. The number of halogens is 1. The minimum atomic E-state index is -0.556. The SMILES string of the molecule is CC(CC(O)c1ccco1)NCc1cccc(Br)c1. The van der Waals surface area contributed by atoms with Crippen LogP contribution in [0.4, 0.5) is 0 Å². The second-order valence-electron chi connectivity index (χ2n) is 4.68. The number of hydrogen-bond donors (Lipinski definition) is 2. The minimum Gasteiger partial charge on any atom is -0.467 e. The van der Waals surface area contributed by atoms with E-state index in [1.165, 1.54) is 5.56 Å². The fraction of sp³-hybridized carbons (Fsp3) is 0.333. The standard InChI is InChI=1S/C15H18BrNO2/c1-11(8-14(18)15-6-3-7-19-15)17-10-12-4-2-5-13(16)9-12/h2-7,9,11,14,17-18H,8,10H2,1H3. The van der Waals surface area contributed by atoms with Crippen LogP contribution in [-0.4, -0.2) is 11.1 Å². The van der Waals surface area contributed by atoms with Crippen LogP contribution in [0.5, 0.6) is 0 Å². The van der Waals surface area contributed by atoms with Crippen LogP contribution in [0.1, 0.15) is 30.8 Å². The van der Waals surface area contributed by atoms with Gasteiger partial charge in [0.15, 0.2) is 0 Å². The van der Waals surface area contributed by atoms with Gasteiger partial charge < -0.3 is 14.8 Å². The van der Waals surface area contributed by atoms with Crippen molar-refractivity contribution in [2.24, 2.45) is 0 Å². The lowest BCUT2D eigenvalue weighted by molar-refractivity contribution is 0.128. The van der Waals surface area contributed by atoms with Crippen LogP contribution in [0.25, 0.3) is 0 Å². The molecule has 102 valence electrons. The molecule has 0 spiro atoms. The van der Waals surface area contributed by atoms with Crippen molar-refractivity contribution in [3.05, 3.63) is 58.5 Å². The molecule has 0 radical (unpaired) electrons. The van der Waals surface area contributed by atoms with Crippen LogP contribution in [0.3, 0.4) is 0 Å². The Morgan fingerprint density at radius 2 is 2.16 bits per heavy atom. The average molecular weight is 324 g/mol. The third kappa shape index (κ3) is 4.49. The number of hydrogen-bond acceptors (Lipinski definition) is 3. The fourth-order valence-corrected chi connectivity index (χ4v) is 2.40. The van der Waals surface area contributed by atoms with Gasteiger partial charge in [0.25, 0.3) is 0 Å². The lowest BCUT2D eigenvalue weighted by Gasteiger charge is -2.16. The summed E-state index contributed by atoms with van der Waals surface area (Å²) in [5.41, 5.74) is 1.22. The Hall–Kier alpha value is -1.10. The summed E-state index contributed by atoms with van der Waals surface area (Å²) in [5.74, 6) is 0.621. The number of aliphatic hydroxyl groups is 1. The summed E-state index contributed by atoms with van der Waals surface area (Å²) in [4.78, 5) is 0. The van der Waals surface area contributed by atoms with Gasteiger partial charge in [-0.3, -0.25) is 0 Å². The highest BCUT2D eigenvalue weighted by molar-refractivity contribution is 9.10. The topological polar surface area (TPSA) is 45.4 Å². The molecule has 1 aromatic heterocycles. The zero-order chi connectivity index (χ0) is 13.7. The summed E-state index contributed by atoms with van der Waals surface area (Å²) in [6, 6.07) is 12.0. The summed E-state index contributed by atoms with van der Waals surface area (Å²) in [6.45, 7) is 2.84. The van der Waals surface area contributed by atoms with Crippen molar-refractivity contribution in [3.8, 4) is 0 Å². The van der Waals surface area contributed by atoms with Crippen molar-refractivity contribution in [2.45, 2.75) is 32.0 Å². The maximum atomic E-state index is 9.98. The monoisotopic (exact) mass is 323 g/mol. The van der Waals surface area contributed by atoms with Gasteiger partial charge in [-0.15, -0.1) is 0 Å². The molecule has 0 saturated heterocycles. The molecule has 0 aliphatic carbocycles. The van der Waals surface area contributed by atoms with E-state index in [2.05, 4.69) is 40.3 Å². The van der Waals surface area contributed by atoms with Gasteiger partial charge >= 0.3 is 0 Å². The van der Waals surface area contributed by atoms with E-state index in [-0.39, 0.29) is 6.04 Å². The first-order valence-electron chi connectivity index (χ1n) is 6.34. The van der Waals surface area contributed by atoms with Gasteiger partial charge in [0.05, 0.1) is 6.26 Å². The second kappa shape index (κ2) is 6.89. The first-order valence-corrected chi connectivity index (χ1v) is 7.14. The highest BCUT2D eigenvalue weighted by atomic mass is 79.9. The fourth-order valence-electron chi connectivity index (χ4n) is 1.95. The lowest BCUT2D eigenvalue weighted by atomic mass is 10.1. The number of nitrogens with one attached hydrogen (secondary N) is 1. The molecule has 1 heterocycles. The van der Waals surface area contributed by atoms with E-state index in [1.807, 2.05) is 12.1 Å². The Balaban J connectivity index is 1.80. The largest absolute Gasteiger partial charge is 0.467 e. The van der Waals surface area contributed by atoms with Crippen molar-refractivity contribution >= 4 is 15.9 Å². The molecule has 3 nitrogen and oxygen atoms in total. The molecule has 2 atom stereocenters. The van der Waals surface area contributed by atoms with Gasteiger partial charge in [0.2, 0.25) is 0 Å². The smallest absolute Gasteiger partial charge is 0.132 e. The molecule has 0 amide bonds. The minimum absolute atomic E-state index is 0.207. The predicted octanol–water partition coefficient (Wildman–Crippen LogP) is 3.64. The third-order valence-corrected chi connectivity index (χ3v) is 3.49. The van der Waals surface area contributed by atoms with Crippen molar-refractivity contribution in [3.63, 3.8) is 0 Å². The molecule has 0 aliphatic heterocycles. The molecule has 0 saturated carbocycles. The molecule has 19 heavy (non-hydrogen) atoms. The Morgan fingerprint density at radius 1 is 1.32 bits per heavy atom. The molecule has 2 unspecified atom stereocenters. The van der Waals surface area contributed by atoms with Gasteiger partial charge in [-0.05, 0) is 43.2 Å². The highest BCUT2D eigenvalue weighted by Gasteiger charge is 2.14. The number of aliphatic hydroxyl groups excluding tert-OH is 1. The van der Waals surface area contributed by atoms with Crippen LogP contribution in [0, 0.1) is 0 Å². The Kier molecular flexibility index (Phi) is 5.19. The molecular weight excluding hydrogens is 306 g/mol. The summed E-state index contributed by atoms with van der Waals surface area (Å²) in [5, 5.41) is 13.4. The van der Waals surface area contributed by atoms with Crippen LogP contribution < -0.4 is 5.32 Å². The highest BCUT2D eigenvalue weighted by Crippen LogP contribution is 2.18. The molecule has 2 N–H and O–H groups in total. The van der Waals surface area contributed by atoms with E-state index in [4.69, 9.17) is 4.42 Å². The molecule has 0 bridgehead atoms. The van der Waals surface area contributed by atoms with E-state index in [0.29, 0.717) is 12.2 Å². The molecule has 2 aromatic rings. The van der Waals surface area contributed by atoms with E-state index >= 15 is 0 Å². The van der Waals surface area contributed by atoms with Gasteiger partial charge in [-0.1, -0.05) is 28.1 Å². The first kappa shape index (κ1) is 14.3. The average Bonchev–Trinajstić information content (AvgIpc) is 2.90. The number of furan rings is 1. The van der Waals surface area contributed by atoms with Gasteiger partial charge in [0, 0.05) is 17.1 Å². The van der Waals surface area contributed by atoms with E-state index in [0.717, 1.165) is 11.0 Å². The van der Waals surface area contributed by atoms with Crippen LogP contribution in [0.15, 0.2) is 51.6 Å². The van der Waals surface area contributed by atoms with Crippen LogP contribution in [0.2, 0.25) is 0 Å². The zero-order valence-electron chi connectivity index (χ0n) is 10.8. The summed E-state index contributed by atoms with van der Waals surface area (Å²) < 4.78 is 6.27. The van der Waals surface area contributed by atoms with Gasteiger partial charge in [-0.25, -0.2) is 0 Å². The molecule has 0 fully saturated rings. The number of rotatable bonds is 6.